The number of pyridine rings is 1. The van der Waals surface area contributed by atoms with Crippen molar-refractivity contribution in [2.45, 2.75) is 70.3 Å². The largest absolute Gasteiger partial charge is 0.414 e. The molecule has 3 amide bonds. The highest BCUT2D eigenvalue weighted by molar-refractivity contribution is 6.01. The van der Waals surface area contributed by atoms with Crippen molar-refractivity contribution in [3.05, 3.63) is 77.6 Å². The Morgan fingerprint density at radius 3 is 2.25 bits per heavy atom. The van der Waals surface area contributed by atoms with Gasteiger partial charge in [0.2, 0.25) is 11.8 Å². The summed E-state index contributed by atoms with van der Waals surface area (Å²) in [4.78, 5) is 43.1. The monoisotopic (exact) mass is 614 g/mol. The molecular weight excluding hydrogens is 580 g/mol. The molecule has 3 N–H and O–H groups in total. The molecule has 9 nitrogen and oxygen atoms in total. The Balaban J connectivity index is 1.28. The van der Waals surface area contributed by atoms with Crippen molar-refractivity contribution in [3.63, 3.8) is 0 Å². The molecule has 2 atom stereocenters. The molecule has 234 valence electrons. The van der Waals surface area contributed by atoms with Crippen molar-refractivity contribution in [1.29, 1.82) is 0 Å². The van der Waals surface area contributed by atoms with Crippen molar-refractivity contribution >= 4 is 23.4 Å². The number of carbonyl (C=O) groups excluding carboxylic acids is 3. The molecule has 0 saturated heterocycles. The van der Waals surface area contributed by atoms with Gasteiger partial charge in [-0.2, -0.15) is 18.3 Å². The number of hydrogen-bond donors (Lipinski definition) is 3. The van der Waals surface area contributed by atoms with Gasteiger partial charge in [-0.05, 0) is 93.2 Å². The highest BCUT2D eigenvalue weighted by Gasteiger charge is 2.48. The van der Waals surface area contributed by atoms with Gasteiger partial charge in [0.15, 0.2) is 6.04 Å². The van der Waals surface area contributed by atoms with E-state index in [9.17, 15) is 27.6 Å². The van der Waals surface area contributed by atoms with Gasteiger partial charge in [0.25, 0.3) is 5.91 Å². The number of benzene rings is 1. The number of nitrogens with zero attached hydrogens (tertiary/aromatic N) is 3. The van der Waals surface area contributed by atoms with E-state index in [1.165, 1.54) is 36.7 Å². The topological polar surface area (TPSA) is 118 Å². The molecule has 2 unspecified atom stereocenters. The van der Waals surface area contributed by atoms with E-state index in [1.807, 2.05) is 19.2 Å². The summed E-state index contributed by atoms with van der Waals surface area (Å²) in [6.45, 7) is 3.77. The van der Waals surface area contributed by atoms with Crippen LogP contribution in [0.1, 0.15) is 73.4 Å². The molecule has 0 bridgehead atoms. The predicted octanol–water partition coefficient (Wildman–Crippen LogP) is 5.13. The SMILES string of the molecule is CC(C)n1nccc1C(=O)NC(C(=O)Nc1ccc(CC(=O)NC(c2ccccn2)C(F)(F)F)cc1F)C(C1CC1)C1CC1. The van der Waals surface area contributed by atoms with E-state index in [0.717, 1.165) is 37.8 Å². The lowest BCUT2D eigenvalue weighted by atomic mass is 9.88. The maximum absolute atomic E-state index is 15.2. The van der Waals surface area contributed by atoms with E-state index in [4.69, 9.17) is 0 Å². The fourth-order valence-corrected chi connectivity index (χ4v) is 5.60. The average Bonchev–Trinajstić information content (AvgIpc) is 3.92. The minimum Gasteiger partial charge on any atom is -0.339 e. The summed E-state index contributed by atoms with van der Waals surface area (Å²) in [7, 11) is 0. The van der Waals surface area contributed by atoms with Crippen LogP contribution in [0.3, 0.4) is 0 Å². The molecule has 0 radical (unpaired) electrons. The van der Waals surface area contributed by atoms with Gasteiger partial charge in [0.1, 0.15) is 17.6 Å². The first-order valence-electron chi connectivity index (χ1n) is 14.6. The fourth-order valence-electron chi connectivity index (χ4n) is 5.60. The Hall–Kier alpha value is -4.29. The first-order valence-corrected chi connectivity index (χ1v) is 14.6. The first-order chi connectivity index (χ1) is 20.9. The third-order valence-electron chi connectivity index (χ3n) is 7.95. The number of aromatic nitrogens is 3. The van der Waals surface area contributed by atoms with E-state index in [0.29, 0.717) is 5.69 Å². The summed E-state index contributed by atoms with van der Waals surface area (Å²) in [6, 6.07) is 5.86. The Labute approximate surface area is 251 Å². The zero-order chi connectivity index (χ0) is 31.6. The van der Waals surface area contributed by atoms with E-state index < -0.39 is 48.2 Å². The van der Waals surface area contributed by atoms with Crippen molar-refractivity contribution in [3.8, 4) is 0 Å². The Morgan fingerprint density at radius 2 is 1.68 bits per heavy atom. The molecule has 0 aliphatic heterocycles. The lowest BCUT2D eigenvalue weighted by Gasteiger charge is -2.28. The summed E-state index contributed by atoms with van der Waals surface area (Å²) >= 11 is 0. The first kappa shape index (κ1) is 31.1. The molecule has 5 rings (SSSR count). The molecule has 3 aromatic rings. The number of hydrogen-bond acceptors (Lipinski definition) is 5. The van der Waals surface area contributed by atoms with Crippen molar-refractivity contribution in [2.24, 2.45) is 17.8 Å². The maximum atomic E-state index is 15.2. The Bertz CT molecular complexity index is 1490. The molecule has 1 aromatic carbocycles. The fraction of sp³-hybridized carbons (Fsp3) is 0.452. The minimum absolute atomic E-state index is 0.0790. The zero-order valence-corrected chi connectivity index (χ0v) is 24.3. The predicted molar refractivity (Wildman–Crippen MR) is 153 cm³/mol. The second kappa shape index (κ2) is 12.7. The molecule has 44 heavy (non-hydrogen) atoms. The zero-order valence-electron chi connectivity index (χ0n) is 24.3. The van der Waals surface area contributed by atoms with Gasteiger partial charge >= 0.3 is 6.18 Å². The minimum atomic E-state index is -4.79. The number of carbonyl (C=O) groups is 3. The van der Waals surface area contributed by atoms with Crippen LogP contribution in [-0.4, -0.2) is 44.7 Å². The van der Waals surface area contributed by atoms with Gasteiger partial charge in [-0.25, -0.2) is 4.39 Å². The quantitative estimate of drug-likeness (QED) is 0.245. The Morgan fingerprint density at radius 1 is 0.977 bits per heavy atom. The smallest absolute Gasteiger partial charge is 0.339 e. The molecule has 2 aromatic heterocycles. The number of halogens is 4. The van der Waals surface area contributed by atoms with E-state index in [-0.39, 0.29) is 40.7 Å². The molecular formula is C31H34F4N6O3. The van der Waals surface area contributed by atoms with Crippen LogP contribution in [0.25, 0.3) is 0 Å². The molecule has 13 heteroatoms. The average molecular weight is 615 g/mol. The van der Waals surface area contributed by atoms with Crippen LogP contribution >= 0.6 is 0 Å². The van der Waals surface area contributed by atoms with Crippen LogP contribution in [-0.2, 0) is 16.0 Å². The second-order valence-corrected chi connectivity index (χ2v) is 11.7. The van der Waals surface area contributed by atoms with Gasteiger partial charge in [-0.3, -0.25) is 24.0 Å². The summed E-state index contributed by atoms with van der Waals surface area (Å²) in [5, 5.41) is 11.6. The number of amides is 3. The summed E-state index contributed by atoms with van der Waals surface area (Å²) in [6.07, 6.45) is 1.19. The van der Waals surface area contributed by atoms with Gasteiger partial charge in [-0.1, -0.05) is 12.1 Å². The van der Waals surface area contributed by atoms with Crippen LogP contribution < -0.4 is 16.0 Å². The normalized spacial score (nSPS) is 16.5. The molecule has 2 aliphatic carbocycles. The number of alkyl halides is 3. The van der Waals surface area contributed by atoms with Crippen LogP contribution in [0.4, 0.5) is 23.2 Å². The molecule has 2 aliphatic rings. The number of anilines is 1. The van der Waals surface area contributed by atoms with Crippen LogP contribution in [0.2, 0.25) is 0 Å². The van der Waals surface area contributed by atoms with Gasteiger partial charge < -0.3 is 16.0 Å². The molecule has 2 fully saturated rings. The van der Waals surface area contributed by atoms with Crippen molar-refractivity contribution in [1.82, 2.24) is 25.4 Å². The third kappa shape index (κ3) is 7.43. The van der Waals surface area contributed by atoms with Crippen LogP contribution in [0.5, 0.6) is 0 Å². The number of nitrogens with one attached hydrogen (secondary N) is 3. The standard InChI is InChI=1S/C31H34F4N6O3/c1-17(2)41-24(12-14-37-41)29(43)40-27(26(19-7-8-19)20-9-10-20)30(44)38-22-11-6-18(15-21(22)32)16-25(42)39-28(31(33,34)35)23-5-3-4-13-36-23/h3-6,11-15,17,19-20,26-28H,7-10,16H2,1-2H3,(H,38,44)(H,39,42)(H,40,43). The summed E-state index contributed by atoms with van der Waals surface area (Å²) in [5.74, 6) is -2.39. The van der Waals surface area contributed by atoms with Gasteiger partial charge in [-0.15, -0.1) is 0 Å². The van der Waals surface area contributed by atoms with Crippen molar-refractivity contribution < 1.29 is 31.9 Å². The lowest BCUT2D eigenvalue weighted by molar-refractivity contribution is -0.164. The van der Waals surface area contributed by atoms with E-state index in [2.05, 4.69) is 20.7 Å². The van der Waals surface area contributed by atoms with E-state index >= 15 is 4.39 Å². The molecule has 0 spiro atoms. The second-order valence-electron chi connectivity index (χ2n) is 11.7. The van der Waals surface area contributed by atoms with Gasteiger partial charge in [0, 0.05) is 18.4 Å². The summed E-state index contributed by atoms with van der Waals surface area (Å²) in [5.41, 5.74) is -0.116. The number of rotatable bonds is 12. The molecule has 2 saturated carbocycles. The molecule has 2 heterocycles. The third-order valence-corrected chi connectivity index (χ3v) is 7.95. The highest BCUT2D eigenvalue weighted by atomic mass is 19.4. The summed E-state index contributed by atoms with van der Waals surface area (Å²) < 4.78 is 57.5. The maximum Gasteiger partial charge on any atom is 0.414 e. The lowest BCUT2D eigenvalue weighted by Crippen LogP contribution is -2.50. The van der Waals surface area contributed by atoms with Crippen molar-refractivity contribution in [2.75, 3.05) is 5.32 Å². The Kier molecular flexibility index (Phi) is 9.02. The van der Waals surface area contributed by atoms with Gasteiger partial charge in [0.05, 0.1) is 17.8 Å². The van der Waals surface area contributed by atoms with E-state index in [1.54, 1.807) is 10.7 Å². The van der Waals surface area contributed by atoms with Crippen LogP contribution in [0.15, 0.2) is 54.9 Å². The van der Waals surface area contributed by atoms with Crippen LogP contribution in [0, 0.1) is 23.6 Å². The highest BCUT2D eigenvalue weighted by Crippen LogP contribution is 2.51.